The van der Waals surface area contributed by atoms with E-state index in [1.165, 1.54) is 0 Å². The number of amides is 1. The van der Waals surface area contributed by atoms with E-state index in [0.29, 0.717) is 29.6 Å². The van der Waals surface area contributed by atoms with E-state index < -0.39 is 0 Å². The van der Waals surface area contributed by atoms with Crippen molar-refractivity contribution >= 4 is 5.91 Å². The highest BCUT2D eigenvalue weighted by atomic mass is 16.5. The molecule has 4 rings (SSSR count). The third-order valence-corrected chi connectivity index (χ3v) is 4.18. The zero-order chi connectivity index (χ0) is 19.3. The van der Waals surface area contributed by atoms with E-state index in [0.717, 1.165) is 11.3 Å². The fourth-order valence-electron chi connectivity index (χ4n) is 2.80. The molecule has 1 amide bonds. The number of rotatable bonds is 6. The molecule has 0 atom stereocenters. The van der Waals surface area contributed by atoms with E-state index in [2.05, 4.69) is 15.4 Å². The van der Waals surface area contributed by atoms with E-state index in [1.807, 2.05) is 42.5 Å². The van der Waals surface area contributed by atoms with Gasteiger partial charge in [-0.15, -0.1) is 0 Å². The summed E-state index contributed by atoms with van der Waals surface area (Å²) in [6.07, 6.45) is 3.22. The number of hydrogen-bond donors (Lipinski definition) is 1. The summed E-state index contributed by atoms with van der Waals surface area (Å²) in [5.74, 6) is 0.855. The largest absolute Gasteiger partial charge is 0.481 e. The Labute approximate surface area is 161 Å². The summed E-state index contributed by atoms with van der Waals surface area (Å²) in [7, 11) is 1.55. The molecule has 0 saturated heterocycles. The molecular weight excluding hydrogens is 356 g/mol. The molecule has 0 aliphatic heterocycles. The predicted molar refractivity (Wildman–Crippen MR) is 103 cm³/mol. The van der Waals surface area contributed by atoms with Crippen molar-refractivity contribution in [2.24, 2.45) is 0 Å². The maximum Gasteiger partial charge on any atom is 0.270 e. The molecule has 0 unspecified atom stereocenters. The zero-order valence-electron chi connectivity index (χ0n) is 15.2. The molecule has 140 valence electrons. The second-order valence-corrected chi connectivity index (χ2v) is 6.03. The highest BCUT2D eigenvalue weighted by Gasteiger charge is 2.18. The highest BCUT2D eigenvalue weighted by molar-refractivity contribution is 5.94. The Bertz CT molecular complexity index is 1070. The Kier molecular flexibility index (Phi) is 4.88. The van der Waals surface area contributed by atoms with Crippen LogP contribution in [0.3, 0.4) is 0 Å². The van der Waals surface area contributed by atoms with Crippen LogP contribution in [0.5, 0.6) is 5.88 Å². The SMILES string of the molecule is COc1cc(CNC(=O)c2cc(-c3ccco3)nn2-c2ccccc2)ccn1. The fraction of sp³-hybridized carbons (Fsp3) is 0.0952. The van der Waals surface area contributed by atoms with E-state index in [9.17, 15) is 4.79 Å². The second-order valence-electron chi connectivity index (χ2n) is 6.03. The smallest absolute Gasteiger partial charge is 0.270 e. The van der Waals surface area contributed by atoms with Gasteiger partial charge in [0.25, 0.3) is 5.91 Å². The van der Waals surface area contributed by atoms with Crippen molar-refractivity contribution in [1.82, 2.24) is 20.1 Å². The van der Waals surface area contributed by atoms with Gasteiger partial charge < -0.3 is 14.5 Å². The predicted octanol–water partition coefficient (Wildman–Crippen LogP) is 3.47. The van der Waals surface area contributed by atoms with Gasteiger partial charge in [0.2, 0.25) is 5.88 Å². The molecule has 1 aromatic carbocycles. The molecule has 28 heavy (non-hydrogen) atoms. The number of methoxy groups -OCH3 is 1. The van der Waals surface area contributed by atoms with Gasteiger partial charge in [-0.25, -0.2) is 9.67 Å². The molecule has 7 nitrogen and oxygen atoms in total. The van der Waals surface area contributed by atoms with Crippen LogP contribution in [0.25, 0.3) is 17.1 Å². The van der Waals surface area contributed by atoms with Crippen LogP contribution in [0.15, 0.2) is 77.5 Å². The van der Waals surface area contributed by atoms with Crippen molar-refractivity contribution in [3.05, 3.63) is 84.4 Å². The van der Waals surface area contributed by atoms with Gasteiger partial charge in [0.05, 0.1) is 19.1 Å². The fourth-order valence-corrected chi connectivity index (χ4v) is 2.80. The first-order valence-electron chi connectivity index (χ1n) is 8.71. The first kappa shape index (κ1) is 17.5. The van der Waals surface area contributed by atoms with Crippen molar-refractivity contribution in [2.75, 3.05) is 7.11 Å². The van der Waals surface area contributed by atoms with Crippen molar-refractivity contribution in [2.45, 2.75) is 6.54 Å². The molecular formula is C21H18N4O3. The highest BCUT2D eigenvalue weighted by Crippen LogP contribution is 2.22. The molecule has 0 aliphatic rings. The Hall–Kier alpha value is -3.87. The van der Waals surface area contributed by atoms with E-state index in [1.54, 1.807) is 42.5 Å². The standard InChI is InChI=1S/C21H18N4O3/c1-27-20-12-15(9-10-22-20)14-23-21(26)18-13-17(19-8-5-11-28-19)24-25(18)16-6-3-2-4-7-16/h2-13H,14H2,1H3,(H,23,26). The summed E-state index contributed by atoms with van der Waals surface area (Å²) in [6, 6.07) is 18.4. The van der Waals surface area contributed by atoms with E-state index in [4.69, 9.17) is 9.15 Å². The molecule has 7 heteroatoms. The molecule has 0 aliphatic carbocycles. The number of furan rings is 1. The number of aromatic nitrogens is 3. The first-order chi connectivity index (χ1) is 13.7. The minimum atomic E-state index is -0.245. The normalized spacial score (nSPS) is 10.6. The minimum absolute atomic E-state index is 0.245. The lowest BCUT2D eigenvalue weighted by Crippen LogP contribution is -2.25. The zero-order valence-corrected chi connectivity index (χ0v) is 15.2. The molecule has 0 saturated carbocycles. The second kappa shape index (κ2) is 7.79. The molecule has 0 radical (unpaired) electrons. The van der Waals surface area contributed by atoms with Crippen LogP contribution in [0.4, 0.5) is 0 Å². The number of ether oxygens (including phenoxy) is 1. The lowest BCUT2D eigenvalue weighted by atomic mass is 10.2. The van der Waals surface area contributed by atoms with Gasteiger partial charge in [-0.2, -0.15) is 5.10 Å². The number of carbonyl (C=O) groups excluding carboxylic acids is 1. The summed E-state index contributed by atoms with van der Waals surface area (Å²) in [5, 5.41) is 7.48. The number of nitrogens with zero attached hydrogens (tertiary/aromatic N) is 3. The summed E-state index contributed by atoms with van der Waals surface area (Å²) in [4.78, 5) is 17.0. The van der Waals surface area contributed by atoms with Crippen LogP contribution in [0, 0.1) is 0 Å². The Morgan fingerprint density at radius 2 is 2.00 bits per heavy atom. The van der Waals surface area contributed by atoms with Gasteiger partial charge in [0, 0.05) is 24.9 Å². The average molecular weight is 374 g/mol. The maximum atomic E-state index is 12.9. The van der Waals surface area contributed by atoms with E-state index in [-0.39, 0.29) is 5.91 Å². The van der Waals surface area contributed by atoms with Gasteiger partial charge in [-0.05, 0) is 35.9 Å². The van der Waals surface area contributed by atoms with Gasteiger partial charge in [0.15, 0.2) is 5.76 Å². The van der Waals surface area contributed by atoms with Crippen molar-refractivity contribution in [1.29, 1.82) is 0 Å². The lowest BCUT2D eigenvalue weighted by Gasteiger charge is -2.09. The lowest BCUT2D eigenvalue weighted by molar-refractivity contribution is 0.0943. The summed E-state index contributed by atoms with van der Waals surface area (Å²) in [6.45, 7) is 0.341. The van der Waals surface area contributed by atoms with Crippen molar-refractivity contribution in [3.8, 4) is 23.0 Å². The van der Waals surface area contributed by atoms with Gasteiger partial charge >= 0.3 is 0 Å². The monoisotopic (exact) mass is 374 g/mol. The van der Waals surface area contributed by atoms with Gasteiger partial charge in [-0.3, -0.25) is 4.79 Å². The number of benzene rings is 1. The topological polar surface area (TPSA) is 82.2 Å². The van der Waals surface area contributed by atoms with Crippen LogP contribution in [-0.4, -0.2) is 27.8 Å². The van der Waals surface area contributed by atoms with Crippen LogP contribution in [0.2, 0.25) is 0 Å². The Morgan fingerprint density at radius 3 is 2.75 bits per heavy atom. The number of hydrogen-bond acceptors (Lipinski definition) is 5. The molecule has 0 spiro atoms. The first-order valence-corrected chi connectivity index (χ1v) is 8.71. The Balaban J connectivity index is 1.62. The van der Waals surface area contributed by atoms with Gasteiger partial charge in [-0.1, -0.05) is 18.2 Å². The van der Waals surface area contributed by atoms with Gasteiger partial charge in [0.1, 0.15) is 11.4 Å². The molecule has 0 fully saturated rings. The summed E-state index contributed by atoms with van der Waals surface area (Å²) < 4.78 is 12.2. The number of carbonyl (C=O) groups is 1. The maximum absolute atomic E-state index is 12.9. The van der Waals surface area contributed by atoms with Crippen molar-refractivity contribution < 1.29 is 13.9 Å². The number of pyridine rings is 1. The molecule has 1 N–H and O–H groups in total. The average Bonchev–Trinajstić information content (AvgIpc) is 3.42. The van der Waals surface area contributed by atoms with Crippen LogP contribution < -0.4 is 10.1 Å². The Morgan fingerprint density at radius 1 is 1.14 bits per heavy atom. The van der Waals surface area contributed by atoms with Crippen LogP contribution in [0.1, 0.15) is 16.1 Å². The summed E-state index contributed by atoms with van der Waals surface area (Å²) >= 11 is 0. The number of para-hydroxylation sites is 1. The van der Waals surface area contributed by atoms with Crippen LogP contribution in [-0.2, 0) is 6.54 Å². The van der Waals surface area contributed by atoms with E-state index >= 15 is 0 Å². The molecule has 3 aromatic heterocycles. The minimum Gasteiger partial charge on any atom is -0.481 e. The molecule has 3 heterocycles. The summed E-state index contributed by atoms with van der Waals surface area (Å²) in [5.41, 5.74) is 2.68. The quantitative estimate of drug-likeness (QED) is 0.559. The van der Waals surface area contributed by atoms with Crippen molar-refractivity contribution in [3.63, 3.8) is 0 Å². The number of nitrogens with one attached hydrogen (secondary N) is 1. The molecule has 4 aromatic rings. The third kappa shape index (κ3) is 3.64. The third-order valence-electron chi connectivity index (χ3n) is 4.18. The van der Waals surface area contributed by atoms with Crippen LogP contribution >= 0.6 is 0 Å². The molecule has 0 bridgehead atoms.